The Bertz CT molecular complexity index is 669. The number of carboxylic acid groups (broad SMARTS) is 1. The van der Waals surface area contributed by atoms with Crippen LogP contribution in [0.5, 0.6) is 0 Å². The van der Waals surface area contributed by atoms with Crippen molar-refractivity contribution in [3.05, 3.63) is 29.3 Å². The van der Waals surface area contributed by atoms with Crippen LogP contribution in [0.2, 0.25) is 5.02 Å². The Kier molecular flexibility index (Phi) is 6.16. The van der Waals surface area contributed by atoms with Gasteiger partial charge in [0, 0.05) is 29.8 Å². The first-order valence-corrected chi connectivity index (χ1v) is 9.56. The van der Waals surface area contributed by atoms with Gasteiger partial charge in [0.05, 0.1) is 12.6 Å². The average molecular weight is 380 g/mol. The van der Waals surface area contributed by atoms with Crippen LogP contribution in [0, 0.1) is 0 Å². The van der Waals surface area contributed by atoms with E-state index in [1.165, 1.54) is 0 Å². The SMILES string of the molecule is CN(CC(=O)O)C1CCCN(C2CCN(c3cccc(Cl)c3)C2=O)CC1. The fourth-order valence-electron chi connectivity index (χ4n) is 4.10. The highest BCUT2D eigenvalue weighted by Crippen LogP contribution is 2.28. The third-order valence-electron chi connectivity index (χ3n) is 5.48. The van der Waals surface area contributed by atoms with Gasteiger partial charge in [-0.25, -0.2) is 0 Å². The monoisotopic (exact) mass is 379 g/mol. The molecule has 0 aliphatic carbocycles. The molecule has 2 saturated heterocycles. The van der Waals surface area contributed by atoms with Crippen LogP contribution in [-0.4, -0.2) is 72.1 Å². The molecule has 2 aliphatic rings. The largest absolute Gasteiger partial charge is 0.480 e. The van der Waals surface area contributed by atoms with E-state index < -0.39 is 5.97 Å². The molecule has 0 radical (unpaired) electrons. The zero-order valence-electron chi connectivity index (χ0n) is 15.1. The molecule has 7 heteroatoms. The lowest BCUT2D eigenvalue weighted by Gasteiger charge is -2.28. The molecule has 2 heterocycles. The Morgan fingerprint density at radius 2 is 2.08 bits per heavy atom. The molecule has 26 heavy (non-hydrogen) atoms. The summed E-state index contributed by atoms with van der Waals surface area (Å²) in [4.78, 5) is 29.9. The van der Waals surface area contributed by atoms with Gasteiger partial charge < -0.3 is 10.0 Å². The molecule has 2 atom stereocenters. The van der Waals surface area contributed by atoms with Gasteiger partial charge in [-0.1, -0.05) is 17.7 Å². The highest BCUT2D eigenvalue weighted by atomic mass is 35.5. The zero-order chi connectivity index (χ0) is 18.7. The van der Waals surface area contributed by atoms with Gasteiger partial charge in [0.25, 0.3) is 0 Å². The van der Waals surface area contributed by atoms with Crippen LogP contribution >= 0.6 is 11.6 Å². The molecule has 0 bridgehead atoms. The van der Waals surface area contributed by atoms with Gasteiger partial charge in [-0.3, -0.25) is 19.4 Å². The summed E-state index contributed by atoms with van der Waals surface area (Å²) in [5.41, 5.74) is 0.860. The van der Waals surface area contributed by atoms with Gasteiger partial charge in [0.2, 0.25) is 5.91 Å². The maximum Gasteiger partial charge on any atom is 0.317 e. The molecule has 1 amide bonds. The predicted molar refractivity (Wildman–Crippen MR) is 102 cm³/mol. The van der Waals surface area contributed by atoms with E-state index >= 15 is 0 Å². The summed E-state index contributed by atoms with van der Waals surface area (Å²) >= 11 is 6.06. The van der Waals surface area contributed by atoms with Gasteiger partial charge in [-0.05, 0) is 57.5 Å². The number of carbonyl (C=O) groups excluding carboxylic acids is 1. The van der Waals surface area contributed by atoms with Crippen molar-refractivity contribution in [3.8, 4) is 0 Å². The second-order valence-corrected chi connectivity index (χ2v) is 7.64. The molecular formula is C19H26ClN3O3. The molecule has 0 saturated carbocycles. The number of benzene rings is 1. The third kappa shape index (κ3) is 4.37. The van der Waals surface area contributed by atoms with Gasteiger partial charge in [-0.15, -0.1) is 0 Å². The molecular weight excluding hydrogens is 354 g/mol. The molecule has 1 aromatic carbocycles. The first-order valence-electron chi connectivity index (χ1n) is 9.18. The molecule has 142 valence electrons. The minimum Gasteiger partial charge on any atom is -0.480 e. The second-order valence-electron chi connectivity index (χ2n) is 7.20. The number of likely N-dealkylation sites (tertiary alicyclic amines) is 1. The maximum absolute atomic E-state index is 12.9. The Balaban J connectivity index is 1.61. The molecule has 2 unspecified atom stereocenters. The Morgan fingerprint density at radius 1 is 1.27 bits per heavy atom. The summed E-state index contributed by atoms with van der Waals surface area (Å²) in [7, 11) is 1.87. The summed E-state index contributed by atoms with van der Waals surface area (Å²) in [6.45, 7) is 2.49. The number of halogens is 1. The van der Waals surface area contributed by atoms with Crippen molar-refractivity contribution >= 4 is 29.2 Å². The quantitative estimate of drug-likeness (QED) is 0.850. The van der Waals surface area contributed by atoms with E-state index in [0.29, 0.717) is 11.6 Å². The minimum absolute atomic E-state index is 0.0650. The fourth-order valence-corrected chi connectivity index (χ4v) is 4.28. The van der Waals surface area contributed by atoms with E-state index in [9.17, 15) is 9.59 Å². The zero-order valence-corrected chi connectivity index (χ0v) is 15.9. The number of hydrogen-bond acceptors (Lipinski definition) is 4. The fraction of sp³-hybridized carbons (Fsp3) is 0.579. The molecule has 1 N–H and O–H groups in total. The Hall–Kier alpha value is -1.63. The van der Waals surface area contributed by atoms with Crippen molar-refractivity contribution in [1.29, 1.82) is 0 Å². The summed E-state index contributed by atoms with van der Waals surface area (Å²) < 4.78 is 0. The number of amides is 1. The van der Waals surface area contributed by atoms with Crippen LogP contribution in [0.3, 0.4) is 0 Å². The molecule has 1 aromatic rings. The van der Waals surface area contributed by atoms with E-state index in [1.54, 1.807) is 0 Å². The van der Waals surface area contributed by atoms with Gasteiger partial charge in [0.15, 0.2) is 0 Å². The average Bonchev–Trinajstić information content (AvgIpc) is 2.80. The van der Waals surface area contributed by atoms with Gasteiger partial charge >= 0.3 is 5.97 Å². The lowest BCUT2D eigenvalue weighted by molar-refractivity contribution is -0.138. The van der Waals surface area contributed by atoms with Crippen LogP contribution in [0.25, 0.3) is 0 Å². The molecule has 0 spiro atoms. The van der Waals surface area contributed by atoms with Crippen molar-refractivity contribution < 1.29 is 14.7 Å². The van der Waals surface area contributed by atoms with Gasteiger partial charge in [-0.2, -0.15) is 0 Å². The smallest absolute Gasteiger partial charge is 0.317 e. The summed E-state index contributed by atoms with van der Waals surface area (Å²) in [6, 6.07) is 7.61. The Morgan fingerprint density at radius 3 is 2.81 bits per heavy atom. The number of carbonyl (C=O) groups is 2. The second kappa shape index (κ2) is 8.37. The number of likely N-dealkylation sites (N-methyl/N-ethyl adjacent to an activating group) is 1. The van der Waals surface area contributed by atoms with E-state index in [-0.39, 0.29) is 24.5 Å². The number of rotatable bonds is 5. The first-order chi connectivity index (χ1) is 12.5. The van der Waals surface area contributed by atoms with E-state index in [4.69, 9.17) is 16.7 Å². The number of nitrogens with zero attached hydrogens (tertiary/aromatic N) is 3. The highest BCUT2D eigenvalue weighted by molar-refractivity contribution is 6.31. The lowest BCUT2D eigenvalue weighted by Crippen LogP contribution is -2.43. The van der Waals surface area contributed by atoms with Crippen molar-refractivity contribution in [2.75, 3.05) is 38.1 Å². The molecule has 2 aliphatic heterocycles. The van der Waals surface area contributed by atoms with Crippen LogP contribution in [0.4, 0.5) is 5.69 Å². The van der Waals surface area contributed by atoms with Crippen molar-refractivity contribution in [1.82, 2.24) is 9.80 Å². The number of carboxylic acids is 1. The first kappa shape index (κ1) is 19.1. The predicted octanol–water partition coefficient (Wildman–Crippen LogP) is 2.32. The standard InChI is InChI=1S/C19H26ClN3O3/c1-21(13-18(24)25)15-6-3-9-22(10-7-15)17-8-11-23(19(17)26)16-5-2-4-14(20)12-16/h2,4-5,12,15,17H,3,6-11,13H2,1H3,(H,24,25). The van der Waals surface area contributed by atoms with Crippen molar-refractivity contribution in [2.24, 2.45) is 0 Å². The topological polar surface area (TPSA) is 64.1 Å². The maximum atomic E-state index is 12.9. The van der Waals surface area contributed by atoms with Crippen LogP contribution < -0.4 is 4.90 Å². The van der Waals surface area contributed by atoms with Crippen LogP contribution in [0.15, 0.2) is 24.3 Å². The van der Waals surface area contributed by atoms with Crippen molar-refractivity contribution in [2.45, 2.75) is 37.8 Å². The van der Waals surface area contributed by atoms with Crippen LogP contribution in [0.1, 0.15) is 25.7 Å². The number of hydrogen-bond donors (Lipinski definition) is 1. The lowest BCUT2D eigenvalue weighted by atomic mass is 10.1. The van der Waals surface area contributed by atoms with Crippen LogP contribution in [-0.2, 0) is 9.59 Å². The van der Waals surface area contributed by atoms with Crippen molar-refractivity contribution in [3.63, 3.8) is 0 Å². The summed E-state index contributed by atoms with van der Waals surface area (Å²) in [5, 5.41) is 9.63. The molecule has 2 fully saturated rings. The number of anilines is 1. The van der Waals surface area contributed by atoms with E-state index in [0.717, 1.165) is 44.5 Å². The summed E-state index contributed by atoms with van der Waals surface area (Å²) in [5.74, 6) is -0.652. The Labute approximate surface area is 159 Å². The van der Waals surface area contributed by atoms with Gasteiger partial charge in [0.1, 0.15) is 0 Å². The summed E-state index contributed by atoms with van der Waals surface area (Å²) in [6.07, 6.45) is 3.67. The van der Waals surface area contributed by atoms with E-state index in [1.807, 2.05) is 41.1 Å². The minimum atomic E-state index is -0.795. The normalized spacial score (nSPS) is 24.9. The molecule has 0 aromatic heterocycles. The number of aliphatic carboxylic acids is 1. The highest BCUT2D eigenvalue weighted by Gasteiger charge is 2.37. The molecule has 6 nitrogen and oxygen atoms in total. The third-order valence-corrected chi connectivity index (χ3v) is 5.71. The molecule has 3 rings (SSSR count). The van der Waals surface area contributed by atoms with E-state index in [2.05, 4.69) is 4.90 Å².